The van der Waals surface area contributed by atoms with Crippen molar-refractivity contribution in [3.63, 3.8) is 0 Å². The molecule has 2 heterocycles. The van der Waals surface area contributed by atoms with Gasteiger partial charge in [0, 0.05) is 18.5 Å². The second-order valence-electron chi connectivity index (χ2n) is 4.70. The molecule has 2 N–H and O–H groups in total. The Bertz CT molecular complexity index is 596. The average molecular weight is 241 g/mol. The number of hydrogen-bond acceptors (Lipinski definition) is 3. The third-order valence-corrected chi connectivity index (χ3v) is 3.50. The van der Waals surface area contributed by atoms with Crippen LogP contribution in [0.5, 0.6) is 0 Å². The number of carbonyl (C=O) groups excluding carboxylic acids is 1. The SMILES string of the molecule is NC(=O)C1CCN(c2ccc3ccccc3n2)C1. The molecule has 1 fully saturated rings. The van der Waals surface area contributed by atoms with Gasteiger partial charge in [-0.25, -0.2) is 4.98 Å². The van der Waals surface area contributed by atoms with Crippen molar-refractivity contribution in [3.05, 3.63) is 36.4 Å². The van der Waals surface area contributed by atoms with Crippen LogP contribution in [0.2, 0.25) is 0 Å². The Morgan fingerprint density at radius 1 is 1.28 bits per heavy atom. The predicted molar refractivity (Wildman–Crippen MR) is 71.3 cm³/mol. The maximum Gasteiger partial charge on any atom is 0.222 e. The monoisotopic (exact) mass is 241 g/mol. The predicted octanol–water partition coefficient (Wildman–Crippen LogP) is 1.55. The zero-order valence-electron chi connectivity index (χ0n) is 10.0. The van der Waals surface area contributed by atoms with Crippen molar-refractivity contribution in [1.82, 2.24) is 4.98 Å². The van der Waals surface area contributed by atoms with E-state index in [1.807, 2.05) is 30.3 Å². The summed E-state index contributed by atoms with van der Waals surface area (Å²) in [5.74, 6) is 0.675. The highest BCUT2D eigenvalue weighted by atomic mass is 16.1. The van der Waals surface area contributed by atoms with E-state index in [1.165, 1.54) is 0 Å². The summed E-state index contributed by atoms with van der Waals surface area (Å²) in [6.07, 6.45) is 0.823. The third kappa shape index (κ3) is 1.90. The van der Waals surface area contributed by atoms with E-state index in [9.17, 15) is 4.79 Å². The van der Waals surface area contributed by atoms with Crippen molar-refractivity contribution >= 4 is 22.6 Å². The van der Waals surface area contributed by atoms with Gasteiger partial charge >= 0.3 is 0 Å². The Labute approximate surface area is 105 Å². The number of pyridine rings is 1. The van der Waals surface area contributed by atoms with Gasteiger partial charge in [0.05, 0.1) is 11.4 Å². The van der Waals surface area contributed by atoms with Crippen molar-refractivity contribution in [2.45, 2.75) is 6.42 Å². The number of amides is 1. The van der Waals surface area contributed by atoms with Gasteiger partial charge in [-0.15, -0.1) is 0 Å². The molecule has 1 aliphatic heterocycles. The smallest absolute Gasteiger partial charge is 0.222 e. The van der Waals surface area contributed by atoms with Gasteiger partial charge in [0.15, 0.2) is 0 Å². The van der Waals surface area contributed by atoms with Crippen LogP contribution in [0.1, 0.15) is 6.42 Å². The molecular weight excluding hydrogens is 226 g/mol. The van der Waals surface area contributed by atoms with Crippen molar-refractivity contribution in [1.29, 1.82) is 0 Å². The molecule has 3 rings (SSSR count). The fraction of sp³-hybridized carbons (Fsp3) is 0.286. The summed E-state index contributed by atoms with van der Waals surface area (Å²) in [7, 11) is 0. The molecule has 18 heavy (non-hydrogen) atoms. The largest absolute Gasteiger partial charge is 0.369 e. The second kappa shape index (κ2) is 4.29. The first kappa shape index (κ1) is 11.0. The Kier molecular flexibility index (Phi) is 2.63. The maximum absolute atomic E-state index is 11.2. The molecule has 2 aromatic rings. The standard InChI is InChI=1S/C14H15N3O/c15-14(18)11-7-8-17(9-11)13-6-5-10-3-1-2-4-12(10)16-13/h1-6,11H,7-9H2,(H2,15,18). The summed E-state index contributed by atoms with van der Waals surface area (Å²) in [4.78, 5) is 17.9. The molecule has 0 aliphatic carbocycles. The van der Waals surface area contributed by atoms with E-state index in [2.05, 4.69) is 16.0 Å². The molecule has 4 heteroatoms. The van der Waals surface area contributed by atoms with Gasteiger partial charge in [-0.2, -0.15) is 0 Å². The van der Waals surface area contributed by atoms with Gasteiger partial charge in [0.25, 0.3) is 0 Å². The van der Waals surface area contributed by atoms with Crippen LogP contribution >= 0.6 is 0 Å². The summed E-state index contributed by atoms with van der Waals surface area (Å²) >= 11 is 0. The zero-order valence-corrected chi connectivity index (χ0v) is 10.0. The Morgan fingerprint density at radius 2 is 2.11 bits per heavy atom. The lowest BCUT2D eigenvalue weighted by Crippen LogP contribution is -2.27. The van der Waals surface area contributed by atoms with Crippen LogP contribution < -0.4 is 10.6 Å². The number of rotatable bonds is 2. The number of anilines is 1. The lowest BCUT2D eigenvalue weighted by molar-refractivity contribution is -0.121. The molecule has 92 valence electrons. The van der Waals surface area contributed by atoms with Gasteiger partial charge in [0.1, 0.15) is 5.82 Å². The Morgan fingerprint density at radius 3 is 2.89 bits per heavy atom. The molecule has 0 spiro atoms. The molecule has 1 aliphatic rings. The second-order valence-corrected chi connectivity index (χ2v) is 4.70. The molecule has 1 aromatic heterocycles. The Hall–Kier alpha value is -2.10. The fourth-order valence-electron chi connectivity index (χ4n) is 2.43. The van der Waals surface area contributed by atoms with E-state index in [1.54, 1.807) is 0 Å². The summed E-state index contributed by atoms with van der Waals surface area (Å²) in [6, 6.07) is 12.1. The molecule has 1 aromatic carbocycles. The first-order valence-corrected chi connectivity index (χ1v) is 6.14. The Balaban J connectivity index is 1.89. The number of carbonyl (C=O) groups is 1. The number of para-hydroxylation sites is 1. The van der Waals surface area contributed by atoms with E-state index >= 15 is 0 Å². The molecule has 1 saturated heterocycles. The fourth-order valence-corrected chi connectivity index (χ4v) is 2.43. The van der Waals surface area contributed by atoms with Crippen LogP contribution in [0.25, 0.3) is 10.9 Å². The number of hydrogen-bond donors (Lipinski definition) is 1. The van der Waals surface area contributed by atoms with Crippen LogP contribution in [0.3, 0.4) is 0 Å². The van der Waals surface area contributed by atoms with Crippen LogP contribution in [0.4, 0.5) is 5.82 Å². The minimum atomic E-state index is -0.210. The summed E-state index contributed by atoms with van der Waals surface area (Å²) in [6.45, 7) is 1.53. The molecule has 1 amide bonds. The minimum absolute atomic E-state index is 0.0433. The zero-order chi connectivity index (χ0) is 12.5. The van der Waals surface area contributed by atoms with Gasteiger partial charge in [0.2, 0.25) is 5.91 Å². The normalized spacial score (nSPS) is 19.3. The molecule has 1 unspecified atom stereocenters. The number of primary amides is 1. The number of nitrogens with zero attached hydrogens (tertiary/aromatic N) is 2. The van der Waals surface area contributed by atoms with Crippen LogP contribution in [0, 0.1) is 5.92 Å². The van der Waals surface area contributed by atoms with E-state index in [0.29, 0.717) is 6.54 Å². The number of benzene rings is 1. The lowest BCUT2D eigenvalue weighted by atomic mass is 10.1. The highest BCUT2D eigenvalue weighted by Crippen LogP contribution is 2.24. The van der Waals surface area contributed by atoms with Gasteiger partial charge < -0.3 is 10.6 Å². The number of fused-ring (bicyclic) bond motifs is 1. The highest BCUT2D eigenvalue weighted by Gasteiger charge is 2.27. The van der Waals surface area contributed by atoms with Gasteiger partial charge in [-0.1, -0.05) is 18.2 Å². The third-order valence-electron chi connectivity index (χ3n) is 3.50. The minimum Gasteiger partial charge on any atom is -0.369 e. The number of aromatic nitrogens is 1. The van der Waals surface area contributed by atoms with E-state index in [0.717, 1.165) is 29.7 Å². The summed E-state index contributed by atoms with van der Waals surface area (Å²) in [5, 5.41) is 1.13. The first-order valence-electron chi connectivity index (χ1n) is 6.14. The highest BCUT2D eigenvalue weighted by molar-refractivity contribution is 5.81. The van der Waals surface area contributed by atoms with E-state index < -0.39 is 0 Å². The van der Waals surface area contributed by atoms with Crippen LogP contribution in [-0.4, -0.2) is 24.0 Å². The molecule has 0 saturated carbocycles. The van der Waals surface area contributed by atoms with E-state index in [-0.39, 0.29) is 11.8 Å². The molecule has 0 bridgehead atoms. The summed E-state index contributed by atoms with van der Waals surface area (Å²) in [5.41, 5.74) is 6.33. The van der Waals surface area contributed by atoms with E-state index in [4.69, 9.17) is 5.73 Å². The van der Waals surface area contributed by atoms with Crippen molar-refractivity contribution < 1.29 is 4.79 Å². The quantitative estimate of drug-likeness (QED) is 0.867. The molecule has 0 radical (unpaired) electrons. The first-order chi connectivity index (χ1) is 8.74. The average Bonchev–Trinajstić information content (AvgIpc) is 2.88. The number of nitrogens with two attached hydrogens (primary N) is 1. The molecule has 4 nitrogen and oxygen atoms in total. The van der Waals surface area contributed by atoms with Crippen LogP contribution in [-0.2, 0) is 4.79 Å². The van der Waals surface area contributed by atoms with Crippen molar-refractivity contribution in [2.75, 3.05) is 18.0 Å². The summed E-state index contributed by atoms with van der Waals surface area (Å²) < 4.78 is 0. The lowest BCUT2D eigenvalue weighted by Gasteiger charge is -2.17. The molecular formula is C14H15N3O. The van der Waals surface area contributed by atoms with Crippen molar-refractivity contribution in [2.24, 2.45) is 11.7 Å². The van der Waals surface area contributed by atoms with Crippen molar-refractivity contribution in [3.8, 4) is 0 Å². The maximum atomic E-state index is 11.2. The van der Waals surface area contributed by atoms with Crippen LogP contribution in [0.15, 0.2) is 36.4 Å². The van der Waals surface area contributed by atoms with Gasteiger partial charge in [-0.05, 0) is 24.6 Å². The van der Waals surface area contributed by atoms with Gasteiger partial charge in [-0.3, -0.25) is 4.79 Å². The molecule has 1 atom stereocenters. The topological polar surface area (TPSA) is 59.2 Å².